The van der Waals surface area contributed by atoms with Crippen LogP contribution in [0.1, 0.15) is 51.1 Å². The Kier molecular flexibility index (Phi) is 11.1. The number of carbonyl (C=O) groups excluding carboxylic acids is 3. The predicted molar refractivity (Wildman–Crippen MR) is 225 cm³/mol. The first-order valence-corrected chi connectivity index (χ1v) is 19.3. The minimum absolute atomic E-state index is 0.124. The highest BCUT2D eigenvalue weighted by atomic mass is 16.5. The summed E-state index contributed by atoms with van der Waals surface area (Å²) in [5, 5.41) is 5.68. The van der Waals surface area contributed by atoms with Gasteiger partial charge in [0.1, 0.15) is 5.75 Å². The van der Waals surface area contributed by atoms with E-state index in [1.807, 2.05) is 60.9 Å². The fourth-order valence-corrected chi connectivity index (χ4v) is 7.50. The van der Waals surface area contributed by atoms with Crippen molar-refractivity contribution in [3.63, 3.8) is 0 Å². The number of rotatable bonds is 14. The van der Waals surface area contributed by atoms with Gasteiger partial charge in [-0.15, -0.1) is 0 Å². The summed E-state index contributed by atoms with van der Waals surface area (Å²) in [5.41, 5.74) is 6.54. The fourth-order valence-electron chi connectivity index (χ4n) is 7.50. The third kappa shape index (κ3) is 7.99. The summed E-state index contributed by atoms with van der Waals surface area (Å²) in [6.07, 6.45) is 9.09. The van der Waals surface area contributed by atoms with Crippen LogP contribution in [-0.2, 0) is 4.79 Å². The first kappa shape index (κ1) is 38.9. The molecule has 14 heteroatoms. The second kappa shape index (κ2) is 16.9. The number of anilines is 1. The van der Waals surface area contributed by atoms with E-state index in [1.165, 1.54) is 14.2 Å². The summed E-state index contributed by atoms with van der Waals surface area (Å²) in [5.74, 6) is 2.04. The zero-order valence-electron chi connectivity index (χ0n) is 33.2. The number of aliphatic imine (C=N–C) groups is 2. The molecule has 2 atom stereocenters. The van der Waals surface area contributed by atoms with Crippen LogP contribution in [-0.4, -0.2) is 100 Å². The van der Waals surface area contributed by atoms with E-state index in [0.29, 0.717) is 77.1 Å². The van der Waals surface area contributed by atoms with Gasteiger partial charge >= 0.3 is 0 Å². The van der Waals surface area contributed by atoms with E-state index in [-0.39, 0.29) is 43.0 Å². The molecule has 4 aromatic carbocycles. The third-order valence-electron chi connectivity index (χ3n) is 10.6. The number of hydrogen-bond acceptors (Lipinski definition) is 11. The molecule has 302 valence electrons. The molecule has 14 nitrogen and oxygen atoms in total. The first-order chi connectivity index (χ1) is 28.8. The lowest BCUT2D eigenvalue weighted by Gasteiger charge is -2.19. The summed E-state index contributed by atoms with van der Waals surface area (Å²) in [6.45, 7) is 0.801. The summed E-state index contributed by atoms with van der Waals surface area (Å²) < 4.78 is 28.9. The van der Waals surface area contributed by atoms with Crippen LogP contribution in [0, 0.1) is 0 Å². The molecule has 4 heterocycles. The largest absolute Gasteiger partial charge is 0.497 e. The van der Waals surface area contributed by atoms with Crippen molar-refractivity contribution in [2.75, 3.05) is 53.5 Å². The zero-order chi connectivity index (χ0) is 41.0. The molecule has 2 N–H and O–H groups in total. The smallest absolute Gasteiger partial charge is 0.260 e. The molecule has 0 bridgehead atoms. The van der Waals surface area contributed by atoms with Gasteiger partial charge in [-0.3, -0.25) is 24.4 Å². The second-order valence-electron chi connectivity index (χ2n) is 14.3. The van der Waals surface area contributed by atoms with Crippen LogP contribution in [0.4, 0.5) is 17.1 Å². The number of likely N-dealkylation sites (N-methyl/N-ethyl adjacent to an activating group) is 1. The van der Waals surface area contributed by atoms with Crippen LogP contribution < -0.4 is 34.3 Å². The van der Waals surface area contributed by atoms with E-state index in [4.69, 9.17) is 33.7 Å². The lowest BCUT2D eigenvalue weighted by Crippen LogP contribution is -2.32. The number of methoxy groups -OCH3 is 3. The monoisotopic (exact) mass is 796 g/mol. The molecule has 4 aromatic rings. The molecule has 0 aliphatic carbocycles. The standard InChI is InChI=1S/C45H44N6O8/c1-46-24-43(52)49-31-10-6-27(7-11-31)29-16-32-22-47-37-20-41(39(56-3)18-35(37)44(53)50(32)25-29)58-14-5-15-59-42-21-38-36(19-40(42)57-4)45(54)51-26-30(17-33(51)23-48-38)28-8-12-34(55-2)13-9-28/h6-13,18-23,25-26,32-33,46H,5,14-17,24H2,1-4H3,(H,49,52). The number of hydrogen-bond donors (Lipinski definition) is 2. The van der Waals surface area contributed by atoms with Crippen molar-refractivity contribution >= 4 is 58.4 Å². The number of fused-ring (bicyclic) bond motifs is 4. The van der Waals surface area contributed by atoms with Crippen molar-refractivity contribution in [1.29, 1.82) is 0 Å². The Morgan fingerprint density at radius 2 is 1.17 bits per heavy atom. The quantitative estimate of drug-likeness (QED) is 0.134. The van der Waals surface area contributed by atoms with Crippen molar-refractivity contribution < 1.29 is 38.1 Å². The molecule has 0 saturated carbocycles. The number of nitrogens with zero attached hydrogens (tertiary/aromatic N) is 4. The summed E-state index contributed by atoms with van der Waals surface area (Å²) in [7, 11) is 6.42. The predicted octanol–water partition coefficient (Wildman–Crippen LogP) is 6.66. The van der Waals surface area contributed by atoms with E-state index in [1.54, 1.807) is 60.7 Å². The normalized spacial score (nSPS) is 17.5. The fraction of sp³-hybridized carbons (Fsp3) is 0.267. The number of ether oxygens (including phenoxy) is 5. The Hall–Kier alpha value is -6.93. The summed E-state index contributed by atoms with van der Waals surface area (Å²) in [4.78, 5) is 52.4. The zero-order valence-corrected chi connectivity index (χ0v) is 33.2. The van der Waals surface area contributed by atoms with Crippen molar-refractivity contribution in [2.24, 2.45) is 9.98 Å². The van der Waals surface area contributed by atoms with E-state index < -0.39 is 0 Å². The lowest BCUT2D eigenvalue weighted by atomic mass is 10.0. The molecule has 8 rings (SSSR count). The van der Waals surface area contributed by atoms with Gasteiger partial charge in [0, 0.05) is 61.9 Å². The molecule has 0 fully saturated rings. The van der Waals surface area contributed by atoms with Gasteiger partial charge in [-0.1, -0.05) is 24.3 Å². The lowest BCUT2D eigenvalue weighted by molar-refractivity contribution is -0.115. The Morgan fingerprint density at radius 1 is 0.678 bits per heavy atom. The Morgan fingerprint density at radius 3 is 1.63 bits per heavy atom. The average Bonchev–Trinajstić information content (AvgIpc) is 3.84. The topological polar surface area (TPSA) is 153 Å². The molecule has 0 radical (unpaired) electrons. The van der Waals surface area contributed by atoms with Gasteiger partial charge in [-0.25, -0.2) is 0 Å². The number of carbonyl (C=O) groups is 3. The van der Waals surface area contributed by atoms with Gasteiger partial charge in [-0.05, 0) is 65.7 Å². The van der Waals surface area contributed by atoms with Gasteiger partial charge in [0.2, 0.25) is 5.91 Å². The van der Waals surface area contributed by atoms with Gasteiger partial charge in [-0.2, -0.15) is 0 Å². The third-order valence-corrected chi connectivity index (χ3v) is 10.6. The number of nitrogens with one attached hydrogen (secondary N) is 2. The van der Waals surface area contributed by atoms with Crippen molar-refractivity contribution in [3.8, 4) is 28.7 Å². The number of benzene rings is 4. The SMILES string of the molecule is CNCC(=O)Nc1ccc(C2=CN3C(=O)c4cc(OC)c(OCCCOc5cc6c(cc5OC)C(=O)N5C=C(c7ccc(OC)cc7)CC5C=N6)cc4N=CC3C2)cc1. The Bertz CT molecular complexity index is 2410. The molecule has 4 aliphatic heterocycles. The molecular weight excluding hydrogens is 753 g/mol. The van der Waals surface area contributed by atoms with Crippen molar-refractivity contribution in [1.82, 2.24) is 15.1 Å². The van der Waals surface area contributed by atoms with Gasteiger partial charge in [0.05, 0.1) is 75.7 Å². The molecule has 4 aliphatic rings. The van der Waals surface area contributed by atoms with Crippen LogP contribution >= 0.6 is 0 Å². The summed E-state index contributed by atoms with van der Waals surface area (Å²) >= 11 is 0. The Balaban J connectivity index is 0.889. The maximum Gasteiger partial charge on any atom is 0.260 e. The molecule has 0 aromatic heterocycles. The van der Waals surface area contributed by atoms with Crippen LogP contribution in [0.25, 0.3) is 11.1 Å². The highest BCUT2D eigenvalue weighted by Gasteiger charge is 2.35. The van der Waals surface area contributed by atoms with Crippen LogP contribution in [0.15, 0.2) is 95.2 Å². The van der Waals surface area contributed by atoms with E-state index in [9.17, 15) is 14.4 Å². The average molecular weight is 797 g/mol. The first-order valence-electron chi connectivity index (χ1n) is 19.3. The molecular formula is C45H44N6O8. The molecule has 0 spiro atoms. The van der Waals surface area contributed by atoms with Crippen LogP contribution in [0.2, 0.25) is 0 Å². The summed E-state index contributed by atoms with van der Waals surface area (Å²) in [6, 6.07) is 21.7. The minimum atomic E-state index is -0.256. The van der Waals surface area contributed by atoms with Gasteiger partial charge in [0.15, 0.2) is 23.0 Å². The van der Waals surface area contributed by atoms with E-state index >= 15 is 0 Å². The van der Waals surface area contributed by atoms with Gasteiger partial charge < -0.3 is 44.1 Å². The van der Waals surface area contributed by atoms with Crippen LogP contribution in [0.5, 0.6) is 28.7 Å². The highest BCUT2D eigenvalue weighted by Crippen LogP contribution is 2.42. The van der Waals surface area contributed by atoms with E-state index in [2.05, 4.69) is 10.6 Å². The maximum absolute atomic E-state index is 13.8. The minimum Gasteiger partial charge on any atom is -0.497 e. The molecule has 0 saturated heterocycles. The highest BCUT2D eigenvalue weighted by molar-refractivity contribution is 6.06. The van der Waals surface area contributed by atoms with E-state index in [0.717, 1.165) is 28.0 Å². The van der Waals surface area contributed by atoms with Gasteiger partial charge in [0.25, 0.3) is 11.8 Å². The van der Waals surface area contributed by atoms with Crippen molar-refractivity contribution in [2.45, 2.75) is 31.3 Å². The maximum atomic E-state index is 13.8. The van der Waals surface area contributed by atoms with Crippen molar-refractivity contribution in [3.05, 3.63) is 107 Å². The number of amides is 3. The second-order valence-corrected chi connectivity index (χ2v) is 14.3. The Labute approximate surface area is 341 Å². The molecule has 3 amide bonds. The molecule has 59 heavy (non-hydrogen) atoms. The molecule has 2 unspecified atom stereocenters. The van der Waals surface area contributed by atoms with Crippen LogP contribution in [0.3, 0.4) is 0 Å².